The third kappa shape index (κ3) is 3.93. The number of anilines is 2. The van der Waals surface area contributed by atoms with Gasteiger partial charge in [-0.2, -0.15) is 0 Å². The first-order valence-corrected chi connectivity index (χ1v) is 8.99. The highest BCUT2D eigenvalue weighted by Gasteiger charge is 2.16. The Bertz CT molecular complexity index is 1190. The summed E-state index contributed by atoms with van der Waals surface area (Å²) in [5.74, 6) is -0.311. The van der Waals surface area contributed by atoms with Gasteiger partial charge in [0.1, 0.15) is 0 Å². The maximum absolute atomic E-state index is 12.7. The van der Waals surface area contributed by atoms with Gasteiger partial charge in [-0.1, -0.05) is 41.6 Å². The van der Waals surface area contributed by atoms with Crippen LogP contribution in [0.4, 0.5) is 11.5 Å². The Labute approximate surface area is 166 Å². The number of nitrogens with one attached hydrogen (secondary N) is 2. The smallest absolute Gasteiger partial charge is 0.256 e. The van der Waals surface area contributed by atoms with E-state index in [1.54, 1.807) is 42.5 Å². The molecule has 0 saturated carbocycles. The zero-order valence-corrected chi connectivity index (χ0v) is 15.4. The minimum Gasteiger partial charge on any atom is -0.380 e. The van der Waals surface area contributed by atoms with E-state index in [9.17, 15) is 9.59 Å². The summed E-state index contributed by atoms with van der Waals surface area (Å²) < 4.78 is 5.10. The second kappa shape index (κ2) is 7.85. The fourth-order valence-corrected chi connectivity index (χ4v) is 3.04. The number of carbonyl (C=O) groups excluding carboxylic acids is 2. The zero-order valence-electron chi connectivity index (χ0n) is 15.4. The van der Waals surface area contributed by atoms with Crippen molar-refractivity contribution in [1.82, 2.24) is 10.5 Å². The summed E-state index contributed by atoms with van der Waals surface area (Å²) in [7, 11) is 0. The van der Waals surface area contributed by atoms with Gasteiger partial charge in [0.25, 0.3) is 11.8 Å². The maximum atomic E-state index is 12.7. The first-order chi connectivity index (χ1) is 14.1. The Morgan fingerprint density at radius 2 is 1.72 bits per heavy atom. The molecule has 1 heterocycles. The highest BCUT2D eigenvalue weighted by atomic mass is 16.5. The summed E-state index contributed by atoms with van der Waals surface area (Å²) in [4.78, 5) is 24.9. The molecule has 0 aliphatic rings. The first-order valence-electron chi connectivity index (χ1n) is 8.99. The number of nitrogens with zero attached hydrogens (tertiary/aromatic N) is 1. The molecule has 7 nitrogen and oxygen atoms in total. The Kier molecular flexibility index (Phi) is 4.94. The van der Waals surface area contributed by atoms with Gasteiger partial charge in [-0.15, -0.1) is 0 Å². The Morgan fingerprint density at radius 3 is 2.55 bits per heavy atom. The van der Waals surface area contributed by atoms with E-state index in [1.807, 2.05) is 30.3 Å². The third-order valence-electron chi connectivity index (χ3n) is 4.44. The van der Waals surface area contributed by atoms with Gasteiger partial charge in [0.2, 0.25) is 0 Å². The van der Waals surface area contributed by atoms with Crippen molar-refractivity contribution in [2.45, 2.75) is 6.54 Å². The van der Waals surface area contributed by atoms with E-state index in [1.165, 1.54) is 0 Å². The number of aromatic nitrogens is 1. The van der Waals surface area contributed by atoms with Crippen LogP contribution < -0.4 is 16.4 Å². The van der Waals surface area contributed by atoms with E-state index in [-0.39, 0.29) is 17.6 Å². The van der Waals surface area contributed by atoms with Crippen molar-refractivity contribution in [3.63, 3.8) is 0 Å². The van der Waals surface area contributed by atoms with Crippen molar-refractivity contribution >= 4 is 34.3 Å². The van der Waals surface area contributed by atoms with Crippen LogP contribution in [-0.4, -0.2) is 17.0 Å². The molecule has 4 N–H and O–H groups in total. The monoisotopic (exact) mass is 386 g/mol. The lowest BCUT2D eigenvalue weighted by molar-refractivity contribution is 0.0950. The number of nitrogen functional groups attached to an aromatic ring is 1. The molecular formula is C22H18N4O3. The number of carbonyl (C=O) groups is 2. The van der Waals surface area contributed by atoms with Crippen LogP contribution in [0.3, 0.4) is 0 Å². The molecule has 7 heteroatoms. The van der Waals surface area contributed by atoms with Gasteiger partial charge in [-0.25, -0.2) is 0 Å². The fourth-order valence-electron chi connectivity index (χ4n) is 3.04. The number of rotatable bonds is 5. The number of hydrogen-bond acceptors (Lipinski definition) is 5. The molecule has 4 rings (SSSR count). The molecule has 0 unspecified atom stereocenters. The second-order valence-corrected chi connectivity index (χ2v) is 6.45. The molecule has 144 valence electrons. The predicted octanol–water partition coefficient (Wildman–Crippen LogP) is 3.59. The van der Waals surface area contributed by atoms with Crippen LogP contribution in [0, 0.1) is 0 Å². The molecule has 0 aliphatic carbocycles. The summed E-state index contributed by atoms with van der Waals surface area (Å²) in [6.07, 6.45) is 0. The van der Waals surface area contributed by atoms with Crippen LogP contribution >= 0.6 is 0 Å². The number of benzene rings is 3. The van der Waals surface area contributed by atoms with Crippen LogP contribution in [0.15, 0.2) is 77.3 Å². The summed E-state index contributed by atoms with van der Waals surface area (Å²) in [6.45, 7) is 0.339. The first kappa shape index (κ1) is 18.2. The number of hydrogen-bond donors (Lipinski definition) is 3. The Balaban J connectivity index is 1.47. The topological polar surface area (TPSA) is 110 Å². The third-order valence-corrected chi connectivity index (χ3v) is 4.44. The minimum absolute atomic E-state index is 0.158. The predicted molar refractivity (Wildman–Crippen MR) is 110 cm³/mol. The molecule has 0 spiro atoms. The molecule has 4 aromatic rings. The molecule has 0 saturated heterocycles. The lowest BCUT2D eigenvalue weighted by atomic mass is 10.1. The zero-order chi connectivity index (χ0) is 20.2. The minimum atomic E-state index is -0.323. The molecule has 0 aliphatic heterocycles. The van der Waals surface area contributed by atoms with Crippen molar-refractivity contribution in [1.29, 1.82) is 0 Å². The summed E-state index contributed by atoms with van der Waals surface area (Å²) in [5.41, 5.74) is 8.71. The van der Waals surface area contributed by atoms with Crippen LogP contribution in [-0.2, 0) is 6.54 Å². The average molecular weight is 386 g/mol. The van der Waals surface area contributed by atoms with Crippen LogP contribution in [0.25, 0.3) is 11.0 Å². The quantitative estimate of drug-likeness (QED) is 0.485. The SMILES string of the molecule is Nc1noc2cccc(C(=O)Nc3cccc(CNC(=O)c4ccccc4)c3)c12. The molecule has 0 radical (unpaired) electrons. The number of nitrogens with two attached hydrogens (primary N) is 1. The fraction of sp³-hybridized carbons (Fsp3) is 0.0455. The largest absolute Gasteiger partial charge is 0.380 e. The number of amides is 2. The summed E-state index contributed by atoms with van der Waals surface area (Å²) in [6, 6.07) is 21.3. The van der Waals surface area contributed by atoms with Gasteiger partial charge < -0.3 is 20.9 Å². The van der Waals surface area contributed by atoms with E-state index in [4.69, 9.17) is 10.3 Å². The van der Waals surface area contributed by atoms with Crippen LogP contribution in [0.2, 0.25) is 0 Å². The van der Waals surface area contributed by atoms with Crippen molar-refractivity contribution in [2.24, 2.45) is 0 Å². The Morgan fingerprint density at radius 1 is 0.931 bits per heavy atom. The van der Waals surface area contributed by atoms with Crippen molar-refractivity contribution in [3.8, 4) is 0 Å². The maximum Gasteiger partial charge on any atom is 0.256 e. The second-order valence-electron chi connectivity index (χ2n) is 6.45. The molecule has 0 atom stereocenters. The van der Waals surface area contributed by atoms with Crippen LogP contribution in [0.5, 0.6) is 0 Å². The highest BCUT2D eigenvalue weighted by molar-refractivity contribution is 6.14. The van der Waals surface area contributed by atoms with Gasteiger partial charge >= 0.3 is 0 Å². The Hall–Kier alpha value is -4.13. The normalized spacial score (nSPS) is 10.6. The van der Waals surface area contributed by atoms with Gasteiger partial charge in [-0.05, 0) is 42.0 Å². The van der Waals surface area contributed by atoms with Gasteiger partial charge in [0.05, 0.1) is 10.9 Å². The van der Waals surface area contributed by atoms with Crippen LogP contribution in [0.1, 0.15) is 26.3 Å². The molecule has 0 fully saturated rings. The van der Waals surface area contributed by atoms with Crippen molar-refractivity contribution < 1.29 is 14.1 Å². The molecule has 29 heavy (non-hydrogen) atoms. The van der Waals surface area contributed by atoms with E-state index in [2.05, 4.69) is 15.8 Å². The van der Waals surface area contributed by atoms with Gasteiger partial charge in [-0.3, -0.25) is 9.59 Å². The molecule has 3 aromatic carbocycles. The number of fused-ring (bicyclic) bond motifs is 1. The van der Waals surface area contributed by atoms with E-state index < -0.39 is 0 Å². The van der Waals surface area contributed by atoms with Gasteiger partial charge in [0, 0.05) is 17.8 Å². The van der Waals surface area contributed by atoms with E-state index >= 15 is 0 Å². The van der Waals surface area contributed by atoms with Crippen molar-refractivity contribution in [3.05, 3.63) is 89.5 Å². The van der Waals surface area contributed by atoms with E-state index in [0.717, 1.165) is 5.56 Å². The average Bonchev–Trinajstić information content (AvgIpc) is 3.14. The molecule has 0 bridgehead atoms. The summed E-state index contributed by atoms with van der Waals surface area (Å²) >= 11 is 0. The van der Waals surface area contributed by atoms with Gasteiger partial charge in [0.15, 0.2) is 11.4 Å². The summed E-state index contributed by atoms with van der Waals surface area (Å²) in [5, 5.41) is 9.91. The molecular weight excluding hydrogens is 368 g/mol. The molecule has 1 aromatic heterocycles. The lowest BCUT2D eigenvalue weighted by Crippen LogP contribution is -2.22. The highest BCUT2D eigenvalue weighted by Crippen LogP contribution is 2.25. The lowest BCUT2D eigenvalue weighted by Gasteiger charge is -2.09. The molecule has 2 amide bonds. The standard InChI is InChI=1S/C22H18N4O3/c23-20-19-17(10-5-11-18(19)29-26-20)22(28)25-16-9-4-6-14(12-16)13-24-21(27)15-7-2-1-3-8-15/h1-12H,13H2,(H2,23,26)(H,24,27)(H,25,28). The van der Waals surface area contributed by atoms with E-state index in [0.29, 0.717) is 34.3 Å². The van der Waals surface area contributed by atoms with Crippen molar-refractivity contribution in [2.75, 3.05) is 11.1 Å².